The molecular weight excluding hydrogens is 244 g/mol. The Balaban J connectivity index is 1.90. The summed E-state index contributed by atoms with van der Waals surface area (Å²) >= 11 is 0. The molecule has 3 rings (SSSR count). The van der Waals surface area contributed by atoms with Crippen LogP contribution in [0.3, 0.4) is 0 Å². The number of hydrogen-bond donors (Lipinski definition) is 1. The maximum Gasteiger partial charge on any atom is 0.176 e. The second-order valence-electron chi connectivity index (χ2n) is 6.60. The summed E-state index contributed by atoms with van der Waals surface area (Å²) in [6, 6.07) is 16.0. The third kappa shape index (κ3) is 2.48. The number of quaternary nitrogens is 1. The maximum absolute atomic E-state index is 3.26. The Morgan fingerprint density at radius 1 is 1.10 bits per heavy atom. The van der Waals surface area contributed by atoms with E-state index in [1.54, 1.807) is 0 Å². The quantitative estimate of drug-likeness (QED) is 0.867. The van der Waals surface area contributed by atoms with Gasteiger partial charge in [-0.25, -0.2) is 4.98 Å². The second kappa shape index (κ2) is 5.02. The minimum atomic E-state index is 0.244. The molecule has 0 saturated carbocycles. The largest absolute Gasteiger partial charge is 0.335 e. The van der Waals surface area contributed by atoms with E-state index in [1.807, 2.05) is 0 Å². The summed E-state index contributed by atoms with van der Waals surface area (Å²) in [4.78, 5) is 3.26. The first-order chi connectivity index (χ1) is 9.56. The average molecular weight is 268 g/mol. The summed E-state index contributed by atoms with van der Waals surface area (Å²) in [7, 11) is 0. The zero-order valence-corrected chi connectivity index (χ0v) is 12.6. The van der Waals surface area contributed by atoms with Crippen molar-refractivity contribution in [2.24, 2.45) is 0 Å². The van der Waals surface area contributed by atoms with E-state index >= 15 is 0 Å². The van der Waals surface area contributed by atoms with Crippen molar-refractivity contribution in [2.45, 2.75) is 44.7 Å². The predicted molar refractivity (Wildman–Crippen MR) is 80.3 cm³/mol. The average Bonchev–Trinajstić information content (AvgIpc) is 2.76. The Bertz CT molecular complexity index is 589. The number of rotatable bonds is 2. The molecule has 1 aliphatic rings. The SMILES string of the molecule is Cc1cc([C@H]2C[C@@H](c3ccccc3)[NH2+]C2(C)C)cc[nH+]1. The second-order valence-corrected chi connectivity index (χ2v) is 6.60. The molecule has 2 aromatic rings. The first kappa shape index (κ1) is 13.3. The van der Waals surface area contributed by atoms with Crippen LogP contribution in [0, 0.1) is 6.92 Å². The van der Waals surface area contributed by atoms with Gasteiger partial charge in [0.1, 0.15) is 6.04 Å². The molecular formula is C18H24N2+2. The molecule has 2 atom stereocenters. The molecule has 0 bridgehead atoms. The van der Waals surface area contributed by atoms with Gasteiger partial charge >= 0.3 is 0 Å². The molecule has 3 N–H and O–H groups in total. The van der Waals surface area contributed by atoms with E-state index in [0.717, 1.165) is 0 Å². The lowest BCUT2D eigenvalue weighted by Gasteiger charge is -2.23. The van der Waals surface area contributed by atoms with Crippen LogP contribution in [0.15, 0.2) is 48.7 Å². The first-order valence-corrected chi connectivity index (χ1v) is 7.45. The van der Waals surface area contributed by atoms with Gasteiger partial charge in [-0.15, -0.1) is 0 Å². The van der Waals surface area contributed by atoms with E-state index in [0.29, 0.717) is 12.0 Å². The number of nitrogens with one attached hydrogen (secondary N) is 1. The Hall–Kier alpha value is -1.67. The fraction of sp³-hybridized carbons (Fsp3) is 0.389. The molecule has 0 aliphatic carbocycles. The van der Waals surface area contributed by atoms with Gasteiger partial charge in [-0.3, -0.25) is 0 Å². The van der Waals surface area contributed by atoms with Crippen LogP contribution in [-0.2, 0) is 0 Å². The molecule has 104 valence electrons. The predicted octanol–water partition coefficient (Wildman–Crippen LogP) is 2.38. The summed E-state index contributed by atoms with van der Waals surface area (Å²) in [5, 5.41) is 2.54. The fourth-order valence-electron chi connectivity index (χ4n) is 3.58. The van der Waals surface area contributed by atoms with E-state index in [1.165, 1.54) is 23.2 Å². The highest BCUT2D eigenvalue weighted by Crippen LogP contribution is 2.38. The lowest BCUT2D eigenvalue weighted by molar-refractivity contribution is -0.737. The Labute approximate surface area is 121 Å². The highest BCUT2D eigenvalue weighted by Gasteiger charge is 2.45. The number of nitrogens with two attached hydrogens (primary N) is 1. The van der Waals surface area contributed by atoms with Gasteiger partial charge in [0, 0.05) is 37.0 Å². The topological polar surface area (TPSA) is 30.8 Å². The van der Waals surface area contributed by atoms with Crippen LogP contribution in [0.2, 0.25) is 0 Å². The minimum Gasteiger partial charge on any atom is -0.335 e. The van der Waals surface area contributed by atoms with Crippen molar-refractivity contribution in [3.63, 3.8) is 0 Å². The van der Waals surface area contributed by atoms with Gasteiger partial charge in [-0.2, -0.15) is 0 Å². The molecule has 1 aromatic heterocycles. The third-order valence-electron chi connectivity index (χ3n) is 4.62. The molecule has 1 fully saturated rings. The molecule has 2 nitrogen and oxygen atoms in total. The van der Waals surface area contributed by atoms with Gasteiger partial charge in [0.15, 0.2) is 11.9 Å². The van der Waals surface area contributed by atoms with Crippen molar-refractivity contribution in [1.29, 1.82) is 0 Å². The standard InChI is InChI=1S/C18H22N2/c1-13-11-15(9-10-19-13)16-12-17(20-18(16,2)3)14-7-5-4-6-8-14/h4-11,16-17,20H,12H2,1-3H3/p+2/t16-,17+/m1/s1. The van der Waals surface area contributed by atoms with Gasteiger partial charge in [0.05, 0.1) is 5.54 Å². The van der Waals surface area contributed by atoms with E-state index < -0.39 is 0 Å². The van der Waals surface area contributed by atoms with Gasteiger partial charge < -0.3 is 5.32 Å². The van der Waals surface area contributed by atoms with E-state index in [-0.39, 0.29) is 5.54 Å². The zero-order valence-electron chi connectivity index (χ0n) is 12.6. The molecule has 1 aromatic carbocycles. The van der Waals surface area contributed by atoms with Gasteiger partial charge in [0.2, 0.25) is 0 Å². The van der Waals surface area contributed by atoms with Gasteiger partial charge in [-0.1, -0.05) is 30.3 Å². The highest BCUT2D eigenvalue weighted by molar-refractivity contribution is 5.25. The highest BCUT2D eigenvalue weighted by atomic mass is 15.0. The first-order valence-electron chi connectivity index (χ1n) is 7.45. The molecule has 2 heteroatoms. The van der Waals surface area contributed by atoms with Gasteiger partial charge in [-0.05, 0) is 19.4 Å². The van der Waals surface area contributed by atoms with Crippen molar-refractivity contribution in [3.05, 3.63) is 65.5 Å². The van der Waals surface area contributed by atoms with E-state index in [9.17, 15) is 0 Å². The van der Waals surface area contributed by atoms with Crippen LogP contribution in [0.25, 0.3) is 0 Å². The molecule has 0 radical (unpaired) electrons. The minimum absolute atomic E-state index is 0.244. The molecule has 20 heavy (non-hydrogen) atoms. The maximum atomic E-state index is 3.26. The van der Waals surface area contributed by atoms with E-state index in [2.05, 4.69) is 79.7 Å². The number of aryl methyl sites for hydroxylation is 1. The van der Waals surface area contributed by atoms with Crippen LogP contribution in [0.4, 0.5) is 0 Å². The Kier molecular flexibility index (Phi) is 3.35. The molecule has 0 amide bonds. The zero-order chi connectivity index (χ0) is 14.2. The molecule has 2 heterocycles. The number of hydrogen-bond acceptors (Lipinski definition) is 0. The lowest BCUT2D eigenvalue weighted by Crippen LogP contribution is -2.93. The van der Waals surface area contributed by atoms with Crippen LogP contribution in [0.1, 0.15) is 49.0 Å². The molecule has 1 aliphatic heterocycles. The van der Waals surface area contributed by atoms with Crippen LogP contribution >= 0.6 is 0 Å². The summed E-state index contributed by atoms with van der Waals surface area (Å²) in [6.45, 7) is 6.86. The Morgan fingerprint density at radius 2 is 1.85 bits per heavy atom. The summed E-state index contributed by atoms with van der Waals surface area (Å²) in [5.74, 6) is 0.598. The van der Waals surface area contributed by atoms with Crippen LogP contribution in [-0.4, -0.2) is 5.54 Å². The molecule has 0 spiro atoms. The van der Waals surface area contributed by atoms with E-state index in [4.69, 9.17) is 0 Å². The monoisotopic (exact) mass is 268 g/mol. The van der Waals surface area contributed by atoms with Crippen LogP contribution < -0.4 is 10.3 Å². The third-order valence-corrected chi connectivity index (χ3v) is 4.62. The van der Waals surface area contributed by atoms with Crippen LogP contribution in [0.5, 0.6) is 0 Å². The van der Waals surface area contributed by atoms with Gasteiger partial charge in [0.25, 0.3) is 0 Å². The molecule has 1 saturated heterocycles. The van der Waals surface area contributed by atoms with Crippen molar-refractivity contribution in [1.82, 2.24) is 0 Å². The normalized spacial score (nSPS) is 24.8. The number of aromatic amines is 1. The fourth-order valence-corrected chi connectivity index (χ4v) is 3.58. The lowest BCUT2D eigenvalue weighted by atomic mass is 9.82. The van der Waals surface area contributed by atoms with Crippen molar-refractivity contribution >= 4 is 0 Å². The van der Waals surface area contributed by atoms with Crippen molar-refractivity contribution in [3.8, 4) is 0 Å². The number of H-pyrrole nitrogens is 1. The number of benzene rings is 1. The number of aromatic nitrogens is 1. The summed E-state index contributed by atoms with van der Waals surface area (Å²) < 4.78 is 0. The summed E-state index contributed by atoms with van der Waals surface area (Å²) in [5.41, 5.74) is 4.39. The van der Waals surface area contributed by atoms with Crippen molar-refractivity contribution in [2.75, 3.05) is 0 Å². The van der Waals surface area contributed by atoms with Crippen molar-refractivity contribution < 1.29 is 10.3 Å². The summed E-state index contributed by atoms with van der Waals surface area (Å²) in [6.07, 6.45) is 3.27. The Morgan fingerprint density at radius 3 is 2.55 bits per heavy atom. The molecule has 0 unspecified atom stereocenters. The smallest absolute Gasteiger partial charge is 0.176 e. The number of pyridine rings is 1.